The second-order valence-corrected chi connectivity index (χ2v) is 10.4. The summed E-state index contributed by atoms with van der Waals surface area (Å²) in [5.74, 6) is -0.0624. The average molecular weight is 412 g/mol. The number of hydrogen-bond acceptors (Lipinski definition) is 3. The van der Waals surface area contributed by atoms with Crippen LogP contribution < -0.4 is 10.1 Å². The number of hydrogen-bond donors (Lipinski definition) is 2. The van der Waals surface area contributed by atoms with Gasteiger partial charge in [-0.25, -0.2) is 4.39 Å². The Morgan fingerprint density at radius 3 is 2.32 bits per heavy atom. The van der Waals surface area contributed by atoms with E-state index < -0.39 is 5.60 Å². The molecule has 0 aromatic heterocycles. The van der Waals surface area contributed by atoms with Gasteiger partial charge in [0, 0.05) is 17.6 Å². The van der Waals surface area contributed by atoms with E-state index in [1.54, 1.807) is 6.07 Å². The van der Waals surface area contributed by atoms with Gasteiger partial charge >= 0.3 is 0 Å². The van der Waals surface area contributed by atoms with Crippen LogP contribution in [0.1, 0.15) is 57.9 Å². The van der Waals surface area contributed by atoms with Crippen LogP contribution in [0.2, 0.25) is 0 Å². The lowest BCUT2D eigenvalue weighted by molar-refractivity contribution is -0.205. The Morgan fingerprint density at radius 2 is 1.76 bits per heavy atom. The van der Waals surface area contributed by atoms with Gasteiger partial charge in [-0.1, -0.05) is 19.9 Å². The molecule has 1 aromatic carbocycles. The van der Waals surface area contributed by atoms with Crippen molar-refractivity contribution in [2.45, 2.75) is 70.1 Å². The van der Waals surface area contributed by atoms with Gasteiger partial charge in [0.1, 0.15) is 0 Å². The topological polar surface area (TPSA) is 41.5 Å². The summed E-state index contributed by atoms with van der Waals surface area (Å²) in [4.78, 5) is 0. The van der Waals surface area contributed by atoms with Gasteiger partial charge in [0.05, 0.1) is 17.2 Å². The van der Waals surface area contributed by atoms with Crippen molar-refractivity contribution < 1.29 is 14.2 Å². The number of aliphatic hydroxyl groups is 1. The molecule has 4 fully saturated rings. The predicted molar refractivity (Wildman–Crippen MR) is 99.1 cm³/mol. The van der Waals surface area contributed by atoms with Crippen LogP contribution in [0.15, 0.2) is 16.6 Å². The summed E-state index contributed by atoms with van der Waals surface area (Å²) in [6.07, 6.45) is 5.98. The van der Waals surface area contributed by atoms with Crippen molar-refractivity contribution in [2.75, 3.05) is 7.11 Å². The second kappa shape index (κ2) is 5.43. The number of benzene rings is 1. The Hall–Kier alpha value is -0.650. The van der Waals surface area contributed by atoms with E-state index in [0.717, 1.165) is 37.7 Å². The van der Waals surface area contributed by atoms with Crippen LogP contribution in [-0.2, 0) is 6.54 Å². The average Bonchev–Trinajstić information content (AvgIpc) is 2.43. The molecule has 0 amide bonds. The highest BCUT2D eigenvalue weighted by Crippen LogP contribution is 2.67. The maximum absolute atomic E-state index is 14.3. The van der Waals surface area contributed by atoms with Gasteiger partial charge in [0.15, 0.2) is 11.6 Å². The molecule has 4 bridgehead atoms. The Morgan fingerprint density at radius 1 is 1.12 bits per heavy atom. The van der Waals surface area contributed by atoms with Crippen molar-refractivity contribution in [1.29, 1.82) is 0 Å². The second-order valence-electron chi connectivity index (χ2n) is 9.59. The molecule has 4 aliphatic rings. The van der Waals surface area contributed by atoms with Crippen LogP contribution in [-0.4, -0.2) is 23.4 Å². The van der Waals surface area contributed by atoms with E-state index in [9.17, 15) is 9.50 Å². The lowest BCUT2D eigenvalue weighted by Crippen LogP contribution is -2.69. The first-order valence-corrected chi connectivity index (χ1v) is 9.87. The van der Waals surface area contributed by atoms with Crippen LogP contribution >= 0.6 is 15.9 Å². The highest BCUT2D eigenvalue weighted by atomic mass is 79.9. The summed E-state index contributed by atoms with van der Waals surface area (Å²) >= 11 is 3.22. The van der Waals surface area contributed by atoms with Gasteiger partial charge in [-0.3, -0.25) is 0 Å². The van der Waals surface area contributed by atoms with Crippen LogP contribution in [0, 0.1) is 16.6 Å². The fraction of sp³-hybridized carbons (Fsp3) is 0.700. The molecule has 4 aliphatic carbocycles. The maximum atomic E-state index is 14.3. The molecule has 5 heteroatoms. The molecule has 2 atom stereocenters. The van der Waals surface area contributed by atoms with Gasteiger partial charge in [0.2, 0.25) is 0 Å². The number of ether oxygens (including phenoxy) is 1. The van der Waals surface area contributed by atoms with Crippen molar-refractivity contribution in [2.24, 2.45) is 10.8 Å². The van der Waals surface area contributed by atoms with Crippen LogP contribution in [0.4, 0.5) is 4.39 Å². The molecule has 3 nitrogen and oxygen atoms in total. The summed E-state index contributed by atoms with van der Waals surface area (Å²) in [5.41, 5.74) is 0.587. The van der Waals surface area contributed by atoms with E-state index in [1.807, 2.05) is 6.07 Å². The maximum Gasteiger partial charge on any atom is 0.179 e. The lowest BCUT2D eigenvalue weighted by atomic mass is 9.41. The van der Waals surface area contributed by atoms with E-state index >= 15 is 0 Å². The Labute approximate surface area is 157 Å². The zero-order valence-electron chi connectivity index (χ0n) is 15.2. The van der Waals surface area contributed by atoms with Crippen molar-refractivity contribution in [3.05, 3.63) is 28.0 Å². The summed E-state index contributed by atoms with van der Waals surface area (Å²) in [5, 5.41) is 14.9. The van der Waals surface area contributed by atoms with Crippen molar-refractivity contribution in [1.82, 2.24) is 5.32 Å². The molecule has 2 unspecified atom stereocenters. The minimum Gasteiger partial charge on any atom is -0.493 e. The molecular formula is C20H27BrFNO2. The molecule has 0 spiro atoms. The summed E-state index contributed by atoms with van der Waals surface area (Å²) < 4.78 is 20.0. The van der Waals surface area contributed by atoms with Gasteiger partial charge in [-0.05, 0) is 71.4 Å². The molecule has 1 aromatic rings. The Balaban J connectivity index is 1.61. The van der Waals surface area contributed by atoms with E-state index in [4.69, 9.17) is 4.74 Å². The zero-order chi connectivity index (χ0) is 18.1. The van der Waals surface area contributed by atoms with E-state index in [1.165, 1.54) is 13.5 Å². The molecule has 25 heavy (non-hydrogen) atoms. The quantitative estimate of drug-likeness (QED) is 0.763. The highest BCUT2D eigenvalue weighted by Gasteiger charge is 2.65. The Bertz CT molecular complexity index is 668. The summed E-state index contributed by atoms with van der Waals surface area (Å²) in [6.45, 7) is 5.20. The lowest BCUT2D eigenvalue weighted by Gasteiger charge is -2.68. The van der Waals surface area contributed by atoms with Crippen LogP contribution in [0.5, 0.6) is 5.75 Å². The number of methoxy groups -OCH3 is 1. The molecule has 0 heterocycles. The predicted octanol–water partition coefficient (Wildman–Crippen LogP) is 4.55. The van der Waals surface area contributed by atoms with Crippen molar-refractivity contribution >= 4 is 15.9 Å². The largest absolute Gasteiger partial charge is 0.493 e. The molecule has 0 radical (unpaired) electrons. The smallest absolute Gasteiger partial charge is 0.179 e. The van der Waals surface area contributed by atoms with Gasteiger partial charge in [0.25, 0.3) is 0 Å². The van der Waals surface area contributed by atoms with Gasteiger partial charge in [-0.2, -0.15) is 0 Å². The molecule has 0 aliphatic heterocycles. The molecular weight excluding hydrogens is 385 g/mol. The van der Waals surface area contributed by atoms with E-state index in [0.29, 0.717) is 16.8 Å². The molecule has 0 saturated heterocycles. The SMILES string of the molecule is COc1c(CNC23CC4(C)CC(C)(CC(O)(C4)C2)C3)ccc(Br)c1F. The fourth-order valence-electron chi connectivity index (χ4n) is 7.04. The third-order valence-electron chi connectivity index (χ3n) is 6.55. The third-order valence-corrected chi connectivity index (χ3v) is 7.16. The van der Waals surface area contributed by atoms with Crippen LogP contribution in [0.25, 0.3) is 0 Å². The molecule has 4 saturated carbocycles. The minimum absolute atomic E-state index is 0.0679. The van der Waals surface area contributed by atoms with Crippen molar-refractivity contribution in [3.8, 4) is 5.75 Å². The number of nitrogens with one attached hydrogen (secondary N) is 1. The monoisotopic (exact) mass is 411 g/mol. The van der Waals surface area contributed by atoms with Crippen molar-refractivity contribution in [3.63, 3.8) is 0 Å². The van der Waals surface area contributed by atoms with E-state index in [2.05, 4.69) is 35.1 Å². The molecule has 2 N–H and O–H groups in total. The van der Waals surface area contributed by atoms with Gasteiger partial charge in [-0.15, -0.1) is 0 Å². The molecule has 138 valence electrons. The first-order valence-electron chi connectivity index (χ1n) is 9.07. The number of rotatable bonds is 4. The minimum atomic E-state index is -0.555. The summed E-state index contributed by atoms with van der Waals surface area (Å²) in [7, 11) is 1.50. The van der Waals surface area contributed by atoms with E-state index in [-0.39, 0.29) is 22.2 Å². The fourth-order valence-corrected chi connectivity index (χ4v) is 7.35. The normalized spacial score (nSPS) is 42.0. The standard InChI is InChI=1S/C20H27BrFNO2/c1-17-7-18(2)9-19(8-17,12-20(24,10-17)11-18)23-6-13-4-5-14(21)15(22)16(13)25-3/h4-5,23-24H,6-12H2,1-3H3. The van der Waals surface area contributed by atoms with Gasteiger partial charge < -0.3 is 15.2 Å². The first-order chi connectivity index (χ1) is 11.6. The van der Waals surface area contributed by atoms with Crippen LogP contribution in [0.3, 0.4) is 0 Å². The summed E-state index contributed by atoms with van der Waals surface area (Å²) in [6, 6.07) is 3.63. The first kappa shape index (κ1) is 17.7. The Kier molecular flexibility index (Phi) is 3.85. The molecule has 5 rings (SSSR count). The number of halogens is 2. The highest BCUT2D eigenvalue weighted by molar-refractivity contribution is 9.10. The zero-order valence-corrected chi connectivity index (χ0v) is 16.8. The third kappa shape index (κ3) is 2.92.